The minimum Gasteiger partial charge on any atom is -0.336 e. The normalized spacial score (nSPS) is 15.6. The Kier molecular flexibility index (Phi) is 6.25. The minimum atomic E-state index is -0.119. The zero-order valence-corrected chi connectivity index (χ0v) is 14.3. The zero-order valence-electron chi connectivity index (χ0n) is 12.8. The minimum absolute atomic E-state index is 0.0407. The molecule has 1 fully saturated rings. The van der Waals surface area contributed by atoms with E-state index in [9.17, 15) is 9.59 Å². The van der Waals surface area contributed by atoms with Crippen LogP contribution < -0.4 is 0 Å². The van der Waals surface area contributed by atoms with Gasteiger partial charge in [-0.2, -0.15) is 0 Å². The summed E-state index contributed by atoms with van der Waals surface area (Å²) >= 11 is 11.9. The largest absolute Gasteiger partial charge is 0.336 e. The van der Waals surface area contributed by atoms with Crippen LogP contribution in [0.2, 0.25) is 10.0 Å². The monoisotopic (exact) mass is 352 g/mol. The molecule has 1 saturated heterocycles. The Bertz CT molecular complexity index is 628. The van der Waals surface area contributed by atoms with E-state index in [0.29, 0.717) is 41.8 Å². The molecule has 1 aliphatic heterocycles. The first kappa shape index (κ1) is 17.6. The fourth-order valence-corrected chi connectivity index (χ4v) is 2.87. The maximum atomic E-state index is 12.5. The van der Waals surface area contributed by atoms with Crippen molar-refractivity contribution in [1.82, 2.24) is 9.80 Å². The standard InChI is InChI=1S/C17H18Cl2N2O2/c1-2-3-4-5-16(22)20-6-8-21(9-7-20)17(23)13-10-14(18)12-15(19)11-13/h2-5,10-12H,6-9H2,1H3/b3-2+,5-4+. The van der Waals surface area contributed by atoms with Crippen LogP contribution in [0.15, 0.2) is 42.5 Å². The SMILES string of the molecule is C/C=C/C=C/C(=O)N1CCN(C(=O)c2cc(Cl)cc(Cl)c2)CC1. The lowest BCUT2D eigenvalue weighted by Crippen LogP contribution is -2.50. The van der Waals surface area contributed by atoms with Crippen LogP contribution in [-0.2, 0) is 4.79 Å². The molecule has 4 nitrogen and oxygen atoms in total. The van der Waals surface area contributed by atoms with Gasteiger partial charge >= 0.3 is 0 Å². The van der Waals surface area contributed by atoms with Crippen molar-refractivity contribution < 1.29 is 9.59 Å². The van der Waals surface area contributed by atoms with Gasteiger partial charge in [-0.3, -0.25) is 9.59 Å². The first-order valence-corrected chi connectivity index (χ1v) is 8.10. The number of carbonyl (C=O) groups is 2. The molecule has 0 radical (unpaired) electrons. The number of halogens is 2. The van der Waals surface area contributed by atoms with Gasteiger partial charge < -0.3 is 9.80 Å². The highest BCUT2D eigenvalue weighted by molar-refractivity contribution is 6.35. The van der Waals surface area contributed by atoms with Crippen molar-refractivity contribution in [1.29, 1.82) is 0 Å². The van der Waals surface area contributed by atoms with Gasteiger partial charge in [0.2, 0.25) is 5.91 Å². The molecule has 0 spiro atoms. The Morgan fingerprint density at radius 3 is 2.09 bits per heavy atom. The van der Waals surface area contributed by atoms with Gasteiger partial charge in [0, 0.05) is 47.9 Å². The number of nitrogens with zero attached hydrogens (tertiary/aromatic N) is 2. The number of benzene rings is 1. The topological polar surface area (TPSA) is 40.6 Å². The molecule has 2 rings (SSSR count). The summed E-state index contributed by atoms with van der Waals surface area (Å²) < 4.78 is 0. The molecule has 23 heavy (non-hydrogen) atoms. The molecule has 0 aromatic heterocycles. The van der Waals surface area contributed by atoms with E-state index >= 15 is 0 Å². The number of hydrogen-bond acceptors (Lipinski definition) is 2. The molecule has 0 unspecified atom stereocenters. The third kappa shape index (κ3) is 4.85. The fraction of sp³-hybridized carbons (Fsp3) is 0.294. The number of allylic oxidation sites excluding steroid dienone is 3. The van der Waals surface area contributed by atoms with Crippen LogP contribution >= 0.6 is 23.2 Å². The summed E-state index contributed by atoms with van der Waals surface area (Å²) in [5, 5.41) is 0.868. The summed E-state index contributed by atoms with van der Waals surface area (Å²) in [6, 6.07) is 4.80. The van der Waals surface area contributed by atoms with Crippen molar-refractivity contribution in [2.24, 2.45) is 0 Å². The van der Waals surface area contributed by atoms with Crippen LogP contribution in [0.5, 0.6) is 0 Å². The molecule has 0 aliphatic carbocycles. The van der Waals surface area contributed by atoms with Gasteiger partial charge in [-0.25, -0.2) is 0 Å². The predicted octanol–water partition coefficient (Wildman–Crippen LogP) is 3.41. The average molecular weight is 353 g/mol. The number of carbonyl (C=O) groups excluding carboxylic acids is 2. The summed E-state index contributed by atoms with van der Waals surface area (Å²) in [5.41, 5.74) is 0.468. The van der Waals surface area contributed by atoms with E-state index in [-0.39, 0.29) is 11.8 Å². The van der Waals surface area contributed by atoms with Crippen molar-refractivity contribution in [3.63, 3.8) is 0 Å². The fourth-order valence-electron chi connectivity index (χ4n) is 2.34. The second-order valence-corrected chi connectivity index (χ2v) is 6.03. The zero-order chi connectivity index (χ0) is 16.8. The van der Waals surface area contributed by atoms with Gasteiger partial charge in [0.25, 0.3) is 5.91 Å². The molecule has 0 saturated carbocycles. The van der Waals surface area contributed by atoms with E-state index in [4.69, 9.17) is 23.2 Å². The molecule has 122 valence electrons. The summed E-state index contributed by atoms with van der Waals surface area (Å²) in [4.78, 5) is 27.9. The lowest BCUT2D eigenvalue weighted by molar-refractivity contribution is -0.127. The van der Waals surface area contributed by atoms with Gasteiger partial charge in [0.15, 0.2) is 0 Å². The van der Waals surface area contributed by atoms with Crippen LogP contribution in [0, 0.1) is 0 Å². The van der Waals surface area contributed by atoms with E-state index in [1.165, 1.54) is 6.08 Å². The van der Waals surface area contributed by atoms with Crippen LogP contribution in [0.1, 0.15) is 17.3 Å². The van der Waals surface area contributed by atoms with Crippen LogP contribution in [-0.4, -0.2) is 47.8 Å². The summed E-state index contributed by atoms with van der Waals surface area (Å²) in [6.07, 6.45) is 6.92. The Hall–Kier alpha value is -1.78. The van der Waals surface area contributed by atoms with Gasteiger partial charge in [-0.05, 0) is 25.1 Å². The van der Waals surface area contributed by atoms with Gasteiger partial charge in [-0.15, -0.1) is 0 Å². The summed E-state index contributed by atoms with van der Waals surface area (Å²) in [7, 11) is 0. The van der Waals surface area contributed by atoms with Crippen LogP contribution in [0.25, 0.3) is 0 Å². The van der Waals surface area contributed by atoms with Crippen molar-refractivity contribution in [3.05, 3.63) is 58.1 Å². The predicted molar refractivity (Wildman–Crippen MR) is 92.9 cm³/mol. The van der Waals surface area contributed by atoms with E-state index in [1.807, 2.05) is 13.0 Å². The van der Waals surface area contributed by atoms with Gasteiger partial charge in [0.05, 0.1) is 0 Å². The second-order valence-electron chi connectivity index (χ2n) is 5.16. The highest BCUT2D eigenvalue weighted by Gasteiger charge is 2.24. The highest BCUT2D eigenvalue weighted by atomic mass is 35.5. The molecule has 1 aromatic carbocycles. The van der Waals surface area contributed by atoms with Crippen molar-refractivity contribution >= 4 is 35.0 Å². The lowest BCUT2D eigenvalue weighted by atomic mass is 10.2. The molecular weight excluding hydrogens is 335 g/mol. The first-order valence-electron chi connectivity index (χ1n) is 7.35. The van der Waals surface area contributed by atoms with E-state index in [0.717, 1.165) is 0 Å². The second kappa shape index (κ2) is 8.18. The third-order valence-electron chi connectivity index (χ3n) is 3.53. The Morgan fingerprint density at radius 1 is 0.957 bits per heavy atom. The molecule has 1 aromatic rings. The van der Waals surface area contributed by atoms with E-state index in [1.54, 1.807) is 40.2 Å². The molecule has 6 heteroatoms. The first-order chi connectivity index (χ1) is 11.0. The van der Waals surface area contributed by atoms with E-state index < -0.39 is 0 Å². The number of hydrogen-bond donors (Lipinski definition) is 0. The third-order valence-corrected chi connectivity index (χ3v) is 3.97. The van der Waals surface area contributed by atoms with Gasteiger partial charge in [0.1, 0.15) is 0 Å². The molecule has 2 amide bonds. The molecule has 0 N–H and O–H groups in total. The maximum absolute atomic E-state index is 12.5. The van der Waals surface area contributed by atoms with Crippen molar-refractivity contribution in [3.8, 4) is 0 Å². The number of amides is 2. The lowest BCUT2D eigenvalue weighted by Gasteiger charge is -2.34. The van der Waals surface area contributed by atoms with Crippen molar-refractivity contribution in [2.45, 2.75) is 6.92 Å². The smallest absolute Gasteiger partial charge is 0.254 e. The molecule has 1 aliphatic rings. The molecule has 0 atom stereocenters. The summed E-state index contributed by atoms with van der Waals surface area (Å²) in [6.45, 7) is 3.90. The summed E-state index contributed by atoms with van der Waals surface area (Å²) in [5.74, 6) is -0.160. The van der Waals surface area contributed by atoms with Crippen LogP contribution in [0.3, 0.4) is 0 Å². The quantitative estimate of drug-likeness (QED) is 0.617. The van der Waals surface area contributed by atoms with E-state index in [2.05, 4.69) is 0 Å². The molecular formula is C17H18Cl2N2O2. The van der Waals surface area contributed by atoms with Crippen molar-refractivity contribution in [2.75, 3.05) is 26.2 Å². The number of piperazine rings is 1. The number of rotatable bonds is 3. The van der Waals surface area contributed by atoms with Gasteiger partial charge in [-0.1, -0.05) is 41.4 Å². The molecule has 1 heterocycles. The Morgan fingerprint density at radius 2 is 1.52 bits per heavy atom. The molecule has 0 bridgehead atoms. The maximum Gasteiger partial charge on any atom is 0.254 e. The Balaban J connectivity index is 1.96. The Labute approximate surface area is 146 Å². The van der Waals surface area contributed by atoms with Crippen LogP contribution in [0.4, 0.5) is 0 Å². The average Bonchev–Trinajstić information content (AvgIpc) is 2.53. The highest BCUT2D eigenvalue weighted by Crippen LogP contribution is 2.20.